The number of nitrogens with zero attached hydrogens (tertiary/aromatic N) is 1. The van der Waals surface area contributed by atoms with Crippen LogP contribution in [-0.4, -0.2) is 5.71 Å². The predicted molar refractivity (Wildman–Crippen MR) is 66.1 cm³/mol. The zero-order valence-electron chi connectivity index (χ0n) is 9.13. The normalized spacial score (nSPS) is 17.1. The third kappa shape index (κ3) is 2.26. The van der Waals surface area contributed by atoms with Crippen molar-refractivity contribution in [3.05, 3.63) is 66.1 Å². The van der Waals surface area contributed by atoms with Crippen LogP contribution in [-0.2, 0) is 0 Å². The Morgan fingerprint density at radius 3 is 2.41 bits per heavy atom. The second kappa shape index (κ2) is 4.67. The van der Waals surface area contributed by atoms with Gasteiger partial charge in [-0.05, 0) is 24.1 Å². The molecule has 0 amide bonds. The second-order valence-electron chi connectivity index (χ2n) is 3.56. The van der Waals surface area contributed by atoms with E-state index in [0.29, 0.717) is 11.3 Å². The molecule has 0 aromatic heterocycles. The lowest BCUT2D eigenvalue weighted by atomic mass is 10.1. The van der Waals surface area contributed by atoms with E-state index < -0.39 is 0 Å². The minimum absolute atomic E-state index is 0.170. The van der Waals surface area contributed by atoms with E-state index in [4.69, 9.17) is 11.3 Å². The molecule has 0 saturated carbocycles. The van der Waals surface area contributed by atoms with E-state index in [1.165, 1.54) is 0 Å². The number of hydrazine groups is 1. The Balaban J connectivity index is 2.35. The Labute approximate surface area is 99.5 Å². The van der Waals surface area contributed by atoms with Gasteiger partial charge in [-0.25, -0.2) is 5.84 Å². The van der Waals surface area contributed by atoms with Crippen LogP contribution >= 0.6 is 0 Å². The van der Waals surface area contributed by atoms with Crippen molar-refractivity contribution in [1.29, 1.82) is 5.41 Å². The number of hydrogen-bond donors (Lipinski definition) is 2. The van der Waals surface area contributed by atoms with Crippen LogP contribution in [0.5, 0.6) is 0 Å². The van der Waals surface area contributed by atoms with Crippen molar-refractivity contribution in [2.75, 3.05) is 5.01 Å². The average molecular weight is 226 g/mol. The van der Waals surface area contributed by atoms with Crippen LogP contribution in [0.4, 0.5) is 5.69 Å². The average Bonchev–Trinajstić information content (AvgIpc) is 2.39. The summed E-state index contributed by atoms with van der Waals surface area (Å²) in [6.45, 7) is 0. The smallest absolute Gasteiger partial charge is 0.0621 e. The molecular weight excluding hydrogens is 214 g/mol. The van der Waals surface area contributed by atoms with Crippen LogP contribution in [0, 0.1) is 5.41 Å². The molecule has 1 aliphatic rings. The molecule has 1 aromatic carbocycles. The first kappa shape index (κ1) is 11.2. The van der Waals surface area contributed by atoms with Gasteiger partial charge >= 0.3 is 0 Å². The maximum atomic E-state index is 12.0. The highest BCUT2D eigenvalue weighted by atomic mass is 16.3. The van der Waals surface area contributed by atoms with Gasteiger partial charge in [-0.3, -0.25) is 5.01 Å². The fourth-order valence-corrected chi connectivity index (χ4v) is 1.51. The van der Waals surface area contributed by atoms with Crippen LogP contribution in [0.15, 0.2) is 66.1 Å². The Bertz CT molecular complexity index is 515. The molecule has 86 valence electrons. The van der Waals surface area contributed by atoms with Crippen molar-refractivity contribution in [3.8, 4) is 0 Å². The van der Waals surface area contributed by atoms with Gasteiger partial charge in [0.05, 0.1) is 11.4 Å². The molecule has 3 N–H and O–H groups in total. The summed E-state index contributed by atoms with van der Waals surface area (Å²) >= 11 is 0. The molecule has 17 heavy (non-hydrogen) atoms. The summed E-state index contributed by atoms with van der Waals surface area (Å²) in [6.07, 6.45) is 6.58. The highest BCUT2D eigenvalue weighted by Gasteiger charge is 2.07. The highest BCUT2D eigenvalue weighted by molar-refractivity contribution is 6.09. The predicted octanol–water partition coefficient (Wildman–Crippen LogP) is 1.08. The Kier molecular flexibility index (Phi) is 3.07. The van der Waals surface area contributed by atoms with Gasteiger partial charge in [-0.15, -0.1) is 0 Å². The molecule has 0 radical (unpaired) electrons. The number of para-hydroxylation sites is 1. The third-order valence-corrected chi connectivity index (χ3v) is 2.41. The minimum Gasteiger partial charge on any atom is -0.858 e. The quantitative estimate of drug-likeness (QED) is 0.450. The monoisotopic (exact) mass is 226 g/mol. The fraction of sp³-hybridized carbons (Fsp3) is 0. The topological polar surface area (TPSA) is 76.2 Å². The maximum absolute atomic E-state index is 12.0. The van der Waals surface area contributed by atoms with Crippen molar-refractivity contribution in [2.24, 2.45) is 5.84 Å². The first-order valence-electron chi connectivity index (χ1n) is 5.15. The van der Waals surface area contributed by atoms with Gasteiger partial charge in [0.25, 0.3) is 0 Å². The van der Waals surface area contributed by atoms with Crippen molar-refractivity contribution < 1.29 is 5.11 Å². The lowest BCUT2D eigenvalue weighted by Gasteiger charge is -2.29. The van der Waals surface area contributed by atoms with Crippen LogP contribution in [0.1, 0.15) is 0 Å². The number of hydrogen-bond acceptors (Lipinski definition) is 4. The van der Waals surface area contributed by atoms with Crippen LogP contribution in [0.3, 0.4) is 0 Å². The van der Waals surface area contributed by atoms with Crippen molar-refractivity contribution in [3.63, 3.8) is 0 Å². The Morgan fingerprint density at radius 2 is 1.76 bits per heavy atom. The van der Waals surface area contributed by atoms with E-state index in [2.05, 4.69) is 0 Å². The van der Waals surface area contributed by atoms with Crippen molar-refractivity contribution in [2.45, 2.75) is 0 Å². The highest BCUT2D eigenvalue weighted by Crippen LogP contribution is 2.16. The van der Waals surface area contributed by atoms with Gasteiger partial charge in [0.15, 0.2) is 0 Å². The van der Waals surface area contributed by atoms with Gasteiger partial charge in [0.1, 0.15) is 0 Å². The van der Waals surface area contributed by atoms with Crippen LogP contribution in [0.2, 0.25) is 0 Å². The molecule has 0 fully saturated rings. The van der Waals surface area contributed by atoms with E-state index in [1.807, 2.05) is 6.07 Å². The van der Waals surface area contributed by atoms with E-state index in [9.17, 15) is 5.11 Å². The third-order valence-electron chi connectivity index (χ3n) is 2.41. The number of nitrogens with two attached hydrogens (primary N) is 1. The van der Waals surface area contributed by atoms with E-state index in [1.54, 1.807) is 48.6 Å². The molecule has 0 heterocycles. The number of rotatable bonds is 2. The Morgan fingerprint density at radius 1 is 1.12 bits per heavy atom. The number of nitrogens with one attached hydrogen (secondary N) is 1. The van der Waals surface area contributed by atoms with E-state index in [0.717, 1.165) is 5.01 Å². The summed E-state index contributed by atoms with van der Waals surface area (Å²) in [4.78, 5) is 0. The van der Waals surface area contributed by atoms with Crippen molar-refractivity contribution in [1.82, 2.24) is 0 Å². The molecular formula is C13H12N3O-. The summed E-state index contributed by atoms with van der Waals surface area (Å²) in [5.41, 5.74) is 1.06. The summed E-state index contributed by atoms with van der Waals surface area (Å²) in [6, 6.07) is 8.93. The zero-order chi connectivity index (χ0) is 12.3. The lowest BCUT2D eigenvalue weighted by Crippen LogP contribution is -2.38. The molecule has 0 unspecified atom stereocenters. The summed E-state index contributed by atoms with van der Waals surface area (Å²) in [5.74, 6) is 5.35. The van der Waals surface area contributed by atoms with E-state index >= 15 is 0 Å². The van der Waals surface area contributed by atoms with Crippen LogP contribution in [0.25, 0.3) is 0 Å². The molecule has 0 bridgehead atoms. The molecule has 0 saturated heterocycles. The lowest BCUT2D eigenvalue weighted by molar-refractivity contribution is -0.306. The maximum Gasteiger partial charge on any atom is 0.0621 e. The minimum atomic E-state index is -0.387. The summed E-state index contributed by atoms with van der Waals surface area (Å²) < 4.78 is 0. The Hall–Kier alpha value is -2.33. The number of anilines is 1. The fourth-order valence-electron chi connectivity index (χ4n) is 1.51. The largest absolute Gasteiger partial charge is 0.858 e. The second-order valence-corrected chi connectivity index (χ2v) is 3.56. The first-order chi connectivity index (χ1) is 8.20. The van der Waals surface area contributed by atoms with E-state index in [-0.39, 0.29) is 11.6 Å². The van der Waals surface area contributed by atoms with Gasteiger partial charge in [0, 0.05) is 5.57 Å². The summed E-state index contributed by atoms with van der Waals surface area (Å²) in [7, 11) is 0. The SMILES string of the molecule is N=C1C=CC=CC1=C([O-])N(N)c1ccccc1. The van der Waals surface area contributed by atoms with Crippen LogP contribution < -0.4 is 16.0 Å². The molecule has 0 atom stereocenters. The zero-order valence-corrected chi connectivity index (χ0v) is 9.13. The van der Waals surface area contributed by atoms with Gasteiger partial charge in [-0.1, -0.05) is 36.4 Å². The number of benzene rings is 1. The molecule has 2 rings (SSSR count). The van der Waals surface area contributed by atoms with Gasteiger partial charge in [0.2, 0.25) is 0 Å². The van der Waals surface area contributed by atoms with Gasteiger partial charge in [-0.2, -0.15) is 0 Å². The number of allylic oxidation sites excluding steroid dienone is 5. The summed E-state index contributed by atoms with van der Waals surface area (Å²) in [5, 5.41) is 20.7. The van der Waals surface area contributed by atoms with Gasteiger partial charge < -0.3 is 10.5 Å². The molecule has 4 nitrogen and oxygen atoms in total. The molecule has 4 heteroatoms. The molecule has 0 spiro atoms. The molecule has 1 aliphatic carbocycles. The first-order valence-corrected chi connectivity index (χ1v) is 5.15. The van der Waals surface area contributed by atoms with Crippen molar-refractivity contribution >= 4 is 11.4 Å². The standard InChI is InChI=1S/C13H13N3O/c14-12-9-5-4-8-11(12)13(17)16(15)10-6-2-1-3-7-10/h1-9,14,17H,15H2/p-1. The molecule has 0 aliphatic heterocycles. The molecule has 1 aromatic rings.